The number of nitrogens with one attached hydrogen (secondary N) is 1. The van der Waals surface area contributed by atoms with Crippen LogP contribution in [0.3, 0.4) is 0 Å². The van der Waals surface area contributed by atoms with Crippen molar-refractivity contribution < 1.29 is 9.53 Å². The van der Waals surface area contributed by atoms with Crippen LogP contribution < -0.4 is 10.2 Å². The van der Waals surface area contributed by atoms with Gasteiger partial charge in [0.15, 0.2) is 6.61 Å². The Bertz CT molecular complexity index is 1070. The first-order valence-electron chi connectivity index (χ1n) is 8.79. The largest absolute Gasteiger partial charge is 0.482 e. The number of hydrogen-bond donors (Lipinski definition) is 1. The number of para-hydroxylation sites is 1. The van der Waals surface area contributed by atoms with Gasteiger partial charge < -0.3 is 4.74 Å². The molecule has 29 heavy (non-hydrogen) atoms. The van der Waals surface area contributed by atoms with Gasteiger partial charge in [-0.1, -0.05) is 54.1 Å². The second-order valence-electron chi connectivity index (χ2n) is 6.12. The van der Waals surface area contributed by atoms with E-state index in [2.05, 4.69) is 15.6 Å². The molecule has 0 unspecified atom stereocenters. The molecule has 0 saturated heterocycles. The Labute approximate surface area is 173 Å². The summed E-state index contributed by atoms with van der Waals surface area (Å²) in [6.45, 7) is 2.08. The number of amides is 1. The molecular formula is C21H18ClN5O2. The maximum Gasteiger partial charge on any atom is 0.277 e. The summed E-state index contributed by atoms with van der Waals surface area (Å²) in [4.78, 5) is 11.9. The maximum atomic E-state index is 11.9. The Hall–Kier alpha value is -3.63. The Balaban J connectivity index is 1.59. The first-order chi connectivity index (χ1) is 14.1. The summed E-state index contributed by atoms with van der Waals surface area (Å²) in [6.07, 6.45) is 1.45. The average molecular weight is 408 g/mol. The molecule has 0 aliphatic rings. The minimum Gasteiger partial charge on any atom is -0.482 e. The van der Waals surface area contributed by atoms with Gasteiger partial charge >= 0.3 is 0 Å². The van der Waals surface area contributed by atoms with Crippen LogP contribution in [0.25, 0.3) is 0 Å². The predicted octanol–water partition coefficient (Wildman–Crippen LogP) is 3.29. The molecule has 0 fully saturated rings. The lowest BCUT2D eigenvalue weighted by Crippen LogP contribution is -2.24. The lowest BCUT2D eigenvalue weighted by atomic mass is 10.2. The van der Waals surface area contributed by atoms with E-state index in [-0.39, 0.29) is 6.61 Å². The summed E-state index contributed by atoms with van der Waals surface area (Å²) < 4.78 is 7.04. The van der Waals surface area contributed by atoms with E-state index in [9.17, 15) is 4.79 Å². The van der Waals surface area contributed by atoms with Crippen molar-refractivity contribution in [2.24, 2.45) is 5.10 Å². The molecule has 8 heteroatoms. The van der Waals surface area contributed by atoms with Crippen molar-refractivity contribution in [3.8, 4) is 11.8 Å². The van der Waals surface area contributed by atoms with Crippen molar-refractivity contribution in [3.63, 3.8) is 0 Å². The SMILES string of the molecule is Cc1nn(Cc2ccccc2)c(Cl)c1/C=N\NC(=O)COc1ccccc1C#N. The topological polar surface area (TPSA) is 92.3 Å². The van der Waals surface area contributed by atoms with Gasteiger partial charge in [-0.2, -0.15) is 15.5 Å². The highest BCUT2D eigenvalue weighted by Gasteiger charge is 2.12. The van der Waals surface area contributed by atoms with Gasteiger partial charge in [0.1, 0.15) is 17.0 Å². The zero-order chi connectivity index (χ0) is 20.6. The van der Waals surface area contributed by atoms with Gasteiger partial charge in [-0.05, 0) is 24.6 Å². The van der Waals surface area contributed by atoms with Crippen molar-refractivity contribution in [1.29, 1.82) is 5.26 Å². The van der Waals surface area contributed by atoms with Gasteiger partial charge in [0.2, 0.25) is 0 Å². The Morgan fingerprint density at radius 1 is 1.28 bits per heavy atom. The number of aromatic nitrogens is 2. The number of hydrazone groups is 1. The van der Waals surface area contributed by atoms with Crippen molar-refractivity contribution in [3.05, 3.63) is 82.1 Å². The zero-order valence-corrected chi connectivity index (χ0v) is 16.4. The number of aryl methyl sites for hydroxylation is 1. The van der Waals surface area contributed by atoms with E-state index in [1.54, 1.807) is 28.9 Å². The molecule has 1 amide bonds. The minimum absolute atomic E-state index is 0.268. The number of nitriles is 1. The molecule has 0 bridgehead atoms. The van der Waals surface area contributed by atoms with Gasteiger partial charge in [0.25, 0.3) is 5.91 Å². The Morgan fingerprint density at radius 3 is 2.76 bits per heavy atom. The molecule has 0 saturated carbocycles. The van der Waals surface area contributed by atoms with Crippen LogP contribution in [0.1, 0.15) is 22.4 Å². The monoisotopic (exact) mass is 407 g/mol. The van der Waals surface area contributed by atoms with Crippen molar-refractivity contribution in [2.45, 2.75) is 13.5 Å². The Kier molecular flexibility index (Phi) is 6.61. The summed E-state index contributed by atoms with van der Waals surface area (Å²) >= 11 is 6.41. The molecule has 2 aromatic carbocycles. The molecule has 0 aliphatic heterocycles. The molecule has 1 heterocycles. The third kappa shape index (κ3) is 5.21. The molecule has 1 N–H and O–H groups in total. The van der Waals surface area contributed by atoms with Crippen LogP contribution in [-0.2, 0) is 11.3 Å². The number of hydrogen-bond acceptors (Lipinski definition) is 5. The lowest BCUT2D eigenvalue weighted by molar-refractivity contribution is -0.123. The number of rotatable bonds is 7. The van der Waals surface area contributed by atoms with E-state index in [1.807, 2.05) is 43.3 Å². The molecule has 3 aromatic rings. The highest BCUT2D eigenvalue weighted by molar-refractivity contribution is 6.32. The number of nitrogens with zero attached hydrogens (tertiary/aromatic N) is 4. The zero-order valence-electron chi connectivity index (χ0n) is 15.7. The van der Waals surface area contributed by atoms with Crippen molar-refractivity contribution in [1.82, 2.24) is 15.2 Å². The van der Waals surface area contributed by atoms with Crippen LogP contribution in [0, 0.1) is 18.3 Å². The van der Waals surface area contributed by atoms with Crippen LogP contribution in [-0.4, -0.2) is 28.5 Å². The van der Waals surface area contributed by atoms with Crippen LogP contribution in [0.2, 0.25) is 5.15 Å². The normalized spacial score (nSPS) is 10.7. The molecule has 3 rings (SSSR count). The Morgan fingerprint density at radius 2 is 2.00 bits per heavy atom. The maximum absolute atomic E-state index is 11.9. The molecule has 146 valence electrons. The second kappa shape index (κ2) is 9.53. The summed E-state index contributed by atoms with van der Waals surface area (Å²) in [5.74, 6) is -0.116. The molecule has 7 nitrogen and oxygen atoms in total. The molecule has 0 atom stereocenters. The van der Waals surface area contributed by atoms with Gasteiger partial charge in [0, 0.05) is 0 Å². The first-order valence-corrected chi connectivity index (χ1v) is 9.17. The highest BCUT2D eigenvalue weighted by atomic mass is 35.5. The first kappa shape index (κ1) is 20.1. The number of halogens is 1. The van der Waals surface area contributed by atoms with E-state index in [0.29, 0.717) is 34.3 Å². The van der Waals surface area contributed by atoms with Crippen LogP contribution >= 0.6 is 11.6 Å². The van der Waals surface area contributed by atoms with E-state index in [4.69, 9.17) is 21.6 Å². The summed E-state index contributed by atoms with van der Waals surface area (Å²) in [5.41, 5.74) is 5.13. The number of benzene rings is 2. The molecule has 0 radical (unpaired) electrons. The predicted molar refractivity (Wildman–Crippen MR) is 110 cm³/mol. The number of ether oxygens (including phenoxy) is 1. The summed E-state index contributed by atoms with van der Waals surface area (Å²) in [5, 5.41) is 17.8. The van der Waals surface area contributed by atoms with E-state index in [0.717, 1.165) is 5.56 Å². The van der Waals surface area contributed by atoms with Crippen molar-refractivity contribution in [2.75, 3.05) is 6.61 Å². The smallest absolute Gasteiger partial charge is 0.277 e. The van der Waals surface area contributed by atoms with E-state index in [1.165, 1.54) is 6.21 Å². The van der Waals surface area contributed by atoms with Crippen LogP contribution in [0.4, 0.5) is 0 Å². The second-order valence-corrected chi connectivity index (χ2v) is 6.48. The summed E-state index contributed by atoms with van der Waals surface area (Å²) in [7, 11) is 0. The fourth-order valence-corrected chi connectivity index (χ4v) is 2.89. The van der Waals surface area contributed by atoms with Crippen LogP contribution in [0.5, 0.6) is 5.75 Å². The standard InChI is InChI=1S/C21H18ClN5O2/c1-15-18(21(22)27(26-15)13-16-7-3-2-4-8-16)12-24-25-20(28)14-29-19-10-6-5-9-17(19)11-23/h2-10,12H,13-14H2,1H3,(H,25,28)/b24-12-. The number of carbonyl (C=O) groups is 1. The van der Waals surface area contributed by atoms with E-state index < -0.39 is 5.91 Å². The highest BCUT2D eigenvalue weighted by Crippen LogP contribution is 2.19. The fraction of sp³-hybridized carbons (Fsp3) is 0.143. The van der Waals surface area contributed by atoms with E-state index >= 15 is 0 Å². The van der Waals surface area contributed by atoms with Gasteiger partial charge in [-0.15, -0.1) is 0 Å². The summed E-state index contributed by atoms with van der Waals surface area (Å²) in [6, 6.07) is 18.5. The lowest BCUT2D eigenvalue weighted by Gasteiger charge is -2.06. The van der Waals surface area contributed by atoms with Gasteiger partial charge in [-0.25, -0.2) is 10.1 Å². The third-order valence-electron chi connectivity index (χ3n) is 4.03. The van der Waals surface area contributed by atoms with Gasteiger partial charge in [0.05, 0.1) is 29.6 Å². The number of carbonyl (C=O) groups excluding carboxylic acids is 1. The van der Waals surface area contributed by atoms with Crippen molar-refractivity contribution >= 4 is 23.7 Å². The molecule has 0 spiro atoms. The molecule has 1 aromatic heterocycles. The van der Waals surface area contributed by atoms with Crippen LogP contribution in [0.15, 0.2) is 59.7 Å². The van der Waals surface area contributed by atoms with Gasteiger partial charge in [-0.3, -0.25) is 4.79 Å². The third-order valence-corrected chi connectivity index (χ3v) is 4.43. The quantitative estimate of drug-likeness (QED) is 0.480. The fourth-order valence-electron chi connectivity index (χ4n) is 2.60. The molecular weight excluding hydrogens is 390 g/mol. The average Bonchev–Trinajstić information content (AvgIpc) is 3.00. The minimum atomic E-state index is -0.459. The molecule has 0 aliphatic carbocycles.